The van der Waals surface area contributed by atoms with Crippen LogP contribution in [0.25, 0.3) is 0 Å². The fraction of sp³-hybridized carbons (Fsp3) is 0.947. The van der Waals surface area contributed by atoms with E-state index < -0.39 is 97.5 Å². The molecule has 0 rings (SSSR count). The summed E-state index contributed by atoms with van der Waals surface area (Å²) in [7, 11) is -9.90. The number of rotatable bonds is 76. The molecule has 0 amide bonds. The summed E-state index contributed by atoms with van der Waals surface area (Å²) in [5.41, 5.74) is 0. The van der Waals surface area contributed by atoms with Crippen LogP contribution < -0.4 is 0 Å². The van der Waals surface area contributed by atoms with Gasteiger partial charge in [0.15, 0.2) is 12.2 Å². The van der Waals surface area contributed by atoms with Gasteiger partial charge in [-0.15, -0.1) is 0 Å². The molecule has 0 saturated carbocycles. The Hall–Kier alpha value is -1.94. The number of carbonyl (C=O) groups excluding carboxylic acids is 4. The van der Waals surface area contributed by atoms with E-state index in [1.165, 1.54) is 218 Å². The van der Waals surface area contributed by atoms with E-state index >= 15 is 0 Å². The molecule has 94 heavy (non-hydrogen) atoms. The van der Waals surface area contributed by atoms with Crippen LogP contribution in [0.5, 0.6) is 0 Å². The lowest BCUT2D eigenvalue weighted by Crippen LogP contribution is -2.30. The predicted octanol–water partition coefficient (Wildman–Crippen LogP) is 22.2. The standard InChI is InChI=1S/C75H146O17P2/c1-5-9-13-17-21-24-26-28-30-32-33-34-35-36-37-39-41-43-46-50-54-58-62-75(80)92-71(66-86-73(78)60-56-52-48-45-42-40-38-31-29-27-25-22-18-14-10-6-2)68-90-94(83,84)88-64-69(76)63-87-93(81,82)89-67-70(65-85-72(77)59-55-51-47-20-16-12-8-4)91-74(79)61-57-53-49-44-23-19-15-11-7-3/h69-71,76H,5-68H2,1-4H3,(H,81,82)(H,83,84)/t69-,70+,71+/m0/s1. The Labute approximate surface area is 575 Å². The summed E-state index contributed by atoms with van der Waals surface area (Å²) in [4.78, 5) is 72.5. The highest BCUT2D eigenvalue weighted by Crippen LogP contribution is 2.45. The Kier molecular flexibility index (Phi) is 68.1. The van der Waals surface area contributed by atoms with E-state index in [-0.39, 0.29) is 25.7 Å². The van der Waals surface area contributed by atoms with Gasteiger partial charge in [0, 0.05) is 25.7 Å². The van der Waals surface area contributed by atoms with Crippen LogP contribution in [0.2, 0.25) is 0 Å². The zero-order chi connectivity index (χ0) is 69.0. The summed E-state index contributed by atoms with van der Waals surface area (Å²) < 4.78 is 68.3. The summed E-state index contributed by atoms with van der Waals surface area (Å²) in [6.45, 7) is 4.91. The topological polar surface area (TPSA) is 237 Å². The predicted molar refractivity (Wildman–Crippen MR) is 382 cm³/mol. The minimum absolute atomic E-state index is 0.106. The van der Waals surface area contributed by atoms with E-state index in [0.29, 0.717) is 25.7 Å². The molecule has 0 aromatic heterocycles. The molecular formula is C75H146O17P2. The molecule has 0 aromatic carbocycles. The SMILES string of the molecule is CCCCCCCCCCCCCCCCCCCCCCCCC(=O)O[C@H](COC(=O)CCCCCCCCCCCCCCCCCC)COP(=O)(O)OC[C@@H](O)COP(=O)(O)OC[C@@H](COC(=O)CCCCCCCCC)OC(=O)CCCCCCCCCCC. The van der Waals surface area contributed by atoms with E-state index in [0.717, 1.165) is 103 Å². The molecule has 0 aliphatic heterocycles. The third kappa shape index (κ3) is 68.6. The normalized spacial score (nSPS) is 13.9. The molecule has 17 nitrogen and oxygen atoms in total. The number of unbranched alkanes of at least 4 members (excludes halogenated alkanes) is 50. The molecular weight excluding hydrogens is 1230 g/mol. The zero-order valence-electron chi connectivity index (χ0n) is 60.9. The lowest BCUT2D eigenvalue weighted by molar-refractivity contribution is -0.161. The van der Waals surface area contributed by atoms with Crippen molar-refractivity contribution in [1.82, 2.24) is 0 Å². The van der Waals surface area contributed by atoms with Gasteiger partial charge in [0.1, 0.15) is 19.3 Å². The number of aliphatic hydroxyl groups is 1. The minimum atomic E-state index is -4.95. The van der Waals surface area contributed by atoms with Gasteiger partial charge >= 0.3 is 39.5 Å². The molecule has 0 spiro atoms. The van der Waals surface area contributed by atoms with Crippen LogP contribution in [0, 0.1) is 0 Å². The van der Waals surface area contributed by atoms with Crippen LogP contribution >= 0.6 is 15.6 Å². The Morgan fingerprint density at radius 2 is 0.426 bits per heavy atom. The summed E-state index contributed by atoms with van der Waals surface area (Å²) in [6, 6.07) is 0. The van der Waals surface area contributed by atoms with Crippen molar-refractivity contribution in [1.29, 1.82) is 0 Å². The van der Waals surface area contributed by atoms with Gasteiger partial charge in [-0.1, -0.05) is 349 Å². The van der Waals surface area contributed by atoms with E-state index in [2.05, 4.69) is 27.7 Å². The van der Waals surface area contributed by atoms with Crippen LogP contribution in [-0.4, -0.2) is 96.7 Å². The smallest absolute Gasteiger partial charge is 0.462 e. The fourth-order valence-electron chi connectivity index (χ4n) is 11.6. The monoisotopic (exact) mass is 1380 g/mol. The van der Waals surface area contributed by atoms with Crippen molar-refractivity contribution >= 4 is 39.5 Å². The number of hydrogen-bond acceptors (Lipinski definition) is 15. The molecule has 3 N–H and O–H groups in total. The molecule has 558 valence electrons. The molecule has 2 unspecified atom stereocenters. The van der Waals surface area contributed by atoms with Crippen molar-refractivity contribution in [2.45, 2.75) is 418 Å². The molecule has 0 fully saturated rings. The maximum absolute atomic E-state index is 13.1. The number of phosphoric ester groups is 2. The quantitative estimate of drug-likeness (QED) is 0.0222. The largest absolute Gasteiger partial charge is 0.472 e. The molecule has 19 heteroatoms. The maximum Gasteiger partial charge on any atom is 0.472 e. The van der Waals surface area contributed by atoms with Crippen LogP contribution in [-0.2, 0) is 65.4 Å². The molecule has 0 aliphatic carbocycles. The van der Waals surface area contributed by atoms with E-state index in [1.807, 2.05) is 0 Å². The van der Waals surface area contributed by atoms with Gasteiger partial charge in [0.25, 0.3) is 0 Å². The van der Waals surface area contributed by atoms with Gasteiger partial charge in [-0.3, -0.25) is 37.3 Å². The number of aliphatic hydroxyl groups excluding tert-OH is 1. The van der Waals surface area contributed by atoms with Gasteiger partial charge in [-0.05, 0) is 25.7 Å². The maximum atomic E-state index is 13.1. The van der Waals surface area contributed by atoms with Crippen LogP contribution in [0.4, 0.5) is 0 Å². The van der Waals surface area contributed by atoms with Gasteiger partial charge in [0.05, 0.1) is 26.4 Å². The first-order chi connectivity index (χ1) is 45.7. The van der Waals surface area contributed by atoms with Crippen molar-refractivity contribution in [3.8, 4) is 0 Å². The summed E-state index contributed by atoms with van der Waals surface area (Å²) in [5.74, 6) is -2.12. The Morgan fingerprint density at radius 3 is 0.628 bits per heavy atom. The highest BCUT2D eigenvalue weighted by molar-refractivity contribution is 7.47. The summed E-state index contributed by atoms with van der Waals surface area (Å²) >= 11 is 0. The van der Waals surface area contributed by atoms with Crippen molar-refractivity contribution in [2.75, 3.05) is 39.6 Å². The minimum Gasteiger partial charge on any atom is -0.462 e. The number of carbonyl (C=O) groups is 4. The summed E-state index contributed by atoms with van der Waals surface area (Å²) in [5, 5.41) is 10.6. The number of esters is 4. The Morgan fingerprint density at radius 1 is 0.255 bits per heavy atom. The Bertz CT molecular complexity index is 1790. The van der Waals surface area contributed by atoms with Gasteiger partial charge in [-0.2, -0.15) is 0 Å². The Balaban J connectivity index is 5.12. The van der Waals surface area contributed by atoms with Crippen molar-refractivity contribution in [2.24, 2.45) is 0 Å². The highest BCUT2D eigenvalue weighted by atomic mass is 31.2. The van der Waals surface area contributed by atoms with Crippen molar-refractivity contribution < 1.29 is 80.2 Å². The molecule has 0 bridgehead atoms. The van der Waals surface area contributed by atoms with E-state index in [9.17, 15) is 43.2 Å². The average Bonchev–Trinajstić information content (AvgIpc) is 1.40. The third-order valence-electron chi connectivity index (χ3n) is 17.6. The lowest BCUT2D eigenvalue weighted by atomic mass is 10.0. The first-order valence-corrected chi connectivity index (χ1v) is 42.3. The van der Waals surface area contributed by atoms with Gasteiger partial charge in [-0.25, -0.2) is 9.13 Å². The second-order valence-corrected chi connectivity index (χ2v) is 29.9. The summed E-state index contributed by atoms with van der Waals surface area (Å²) in [6.07, 6.45) is 60.0. The lowest BCUT2D eigenvalue weighted by Gasteiger charge is -2.21. The number of phosphoric acid groups is 2. The molecule has 0 radical (unpaired) electrons. The zero-order valence-corrected chi connectivity index (χ0v) is 62.7. The van der Waals surface area contributed by atoms with Gasteiger partial charge in [0.2, 0.25) is 0 Å². The second-order valence-electron chi connectivity index (χ2n) is 27.0. The molecule has 5 atom stereocenters. The van der Waals surface area contributed by atoms with Gasteiger partial charge < -0.3 is 33.8 Å². The molecule has 0 saturated heterocycles. The number of hydrogen-bond donors (Lipinski definition) is 3. The molecule has 0 heterocycles. The highest BCUT2D eigenvalue weighted by Gasteiger charge is 2.30. The fourth-order valence-corrected chi connectivity index (χ4v) is 13.2. The third-order valence-corrected chi connectivity index (χ3v) is 19.5. The second kappa shape index (κ2) is 69.5. The van der Waals surface area contributed by atoms with Crippen molar-refractivity contribution in [3.05, 3.63) is 0 Å². The van der Waals surface area contributed by atoms with E-state index in [1.54, 1.807) is 0 Å². The molecule has 0 aromatic rings. The van der Waals surface area contributed by atoms with E-state index in [4.69, 9.17) is 37.0 Å². The number of ether oxygens (including phenoxy) is 4. The van der Waals surface area contributed by atoms with Crippen LogP contribution in [0.15, 0.2) is 0 Å². The van der Waals surface area contributed by atoms with Crippen LogP contribution in [0.1, 0.15) is 400 Å². The first-order valence-electron chi connectivity index (χ1n) is 39.3. The average molecular weight is 1380 g/mol. The first kappa shape index (κ1) is 92.1. The molecule has 0 aliphatic rings. The van der Waals surface area contributed by atoms with Crippen LogP contribution in [0.3, 0.4) is 0 Å². The van der Waals surface area contributed by atoms with Crippen molar-refractivity contribution in [3.63, 3.8) is 0 Å².